The summed E-state index contributed by atoms with van der Waals surface area (Å²) in [6, 6.07) is 8.07. The van der Waals surface area contributed by atoms with Gasteiger partial charge in [0.2, 0.25) is 0 Å². The number of aryl methyl sites for hydroxylation is 1. The number of hydrogen-bond acceptors (Lipinski definition) is 3. The molecule has 0 unspecified atom stereocenters. The van der Waals surface area contributed by atoms with Gasteiger partial charge in [0, 0.05) is 23.6 Å². The van der Waals surface area contributed by atoms with Gasteiger partial charge in [-0.05, 0) is 37.8 Å². The molecule has 1 aliphatic rings. The van der Waals surface area contributed by atoms with Gasteiger partial charge in [-0.2, -0.15) is 5.10 Å². The predicted molar refractivity (Wildman–Crippen MR) is 94.6 cm³/mol. The number of carbonyl (C=O) groups excluding carboxylic acids is 1. The van der Waals surface area contributed by atoms with E-state index in [2.05, 4.69) is 5.10 Å². The molecule has 0 amide bonds. The van der Waals surface area contributed by atoms with Gasteiger partial charge in [0.15, 0.2) is 0 Å². The molecular weight excluding hydrogens is 316 g/mol. The number of nitrogens with zero attached hydrogens (tertiary/aromatic N) is 2. The van der Waals surface area contributed by atoms with E-state index >= 15 is 0 Å². The summed E-state index contributed by atoms with van der Waals surface area (Å²) < 4.78 is 1.85. The molecule has 0 bridgehead atoms. The van der Waals surface area contributed by atoms with Gasteiger partial charge in [-0.3, -0.25) is 14.3 Å². The molecule has 1 fully saturated rings. The second-order valence-corrected chi connectivity index (χ2v) is 6.96. The Kier molecular flexibility index (Phi) is 5.02. The summed E-state index contributed by atoms with van der Waals surface area (Å²) in [6.45, 7) is 4.35. The minimum Gasteiger partial charge on any atom is -0.481 e. The summed E-state index contributed by atoms with van der Waals surface area (Å²) in [5.41, 5.74) is 4.59. The first-order valence-corrected chi connectivity index (χ1v) is 8.79. The number of ketones is 1. The molecular formula is C20H24N2O3. The van der Waals surface area contributed by atoms with Crippen LogP contribution in [0.25, 0.3) is 0 Å². The molecule has 2 aromatic rings. The van der Waals surface area contributed by atoms with Crippen molar-refractivity contribution in [2.24, 2.45) is 5.92 Å². The molecule has 1 aromatic carbocycles. The molecule has 25 heavy (non-hydrogen) atoms. The summed E-state index contributed by atoms with van der Waals surface area (Å²) in [6.07, 6.45) is 3.80. The first kappa shape index (κ1) is 17.4. The first-order chi connectivity index (χ1) is 11.9. The Labute approximate surface area is 147 Å². The quantitative estimate of drug-likeness (QED) is 0.841. The maximum absolute atomic E-state index is 12.1. The van der Waals surface area contributed by atoms with Crippen LogP contribution in [-0.2, 0) is 29.0 Å². The van der Waals surface area contributed by atoms with Crippen LogP contribution < -0.4 is 0 Å². The summed E-state index contributed by atoms with van der Waals surface area (Å²) in [4.78, 5) is 23.1. The largest absolute Gasteiger partial charge is 0.481 e. The fourth-order valence-corrected chi connectivity index (χ4v) is 3.31. The van der Waals surface area contributed by atoms with E-state index < -0.39 is 5.97 Å². The number of carboxylic acids is 1. The fraction of sp³-hybridized carbons (Fsp3) is 0.450. The highest BCUT2D eigenvalue weighted by Crippen LogP contribution is 2.28. The van der Waals surface area contributed by atoms with Crippen molar-refractivity contribution in [1.29, 1.82) is 0 Å². The summed E-state index contributed by atoms with van der Waals surface area (Å²) in [7, 11) is 0. The van der Waals surface area contributed by atoms with E-state index in [0.29, 0.717) is 18.7 Å². The van der Waals surface area contributed by atoms with Gasteiger partial charge in [0.25, 0.3) is 0 Å². The van der Waals surface area contributed by atoms with E-state index in [9.17, 15) is 9.59 Å². The second-order valence-electron chi connectivity index (χ2n) is 6.96. The molecule has 0 atom stereocenters. The Hall–Kier alpha value is -2.43. The number of benzene rings is 1. The molecule has 1 aliphatic carbocycles. The van der Waals surface area contributed by atoms with Crippen LogP contribution in [0, 0.1) is 19.8 Å². The summed E-state index contributed by atoms with van der Waals surface area (Å²) in [5, 5.41) is 13.5. The zero-order valence-electron chi connectivity index (χ0n) is 14.8. The molecule has 1 saturated carbocycles. The molecule has 1 N–H and O–H groups in total. The van der Waals surface area contributed by atoms with Crippen molar-refractivity contribution < 1.29 is 14.7 Å². The van der Waals surface area contributed by atoms with Crippen molar-refractivity contribution >= 4 is 11.8 Å². The van der Waals surface area contributed by atoms with Crippen molar-refractivity contribution in [1.82, 2.24) is 9.78 Å². The normalized spacial score (nSPS) is 14.3. The predicted octanol–water partition coefficient (Wildman–Crippen LogP) is 3.09. The van der Waals surface area contributed by atoms with E-state index in [1.165, 1.54) is 6.42 Å². The monoisotopic (exact) mass is 340 g/mol. The highest BCUT2D eigenvalue weighted by atomic mass is 16.4. The number of aliphatic carboxylic acids is 1. The van der Waals surface area contributed by atoms with Gasteiger partial charge >= 0.3 is 5.97 Å². The molecule has 3 rings (SSSR count). The lowest BCUT2D eigenvalue weighted by Crippen LogP contribution is -2.23. The van der Waals surface area contributed by atoms with Gasteiger partial charge in [0.1, 0.15) is 5.78 Å². The van der Waals surface area contributed by atoms with Crippen LogP contribution in [0.3, 0.4) is 0 Å². The van der Waals surface area contributed by atoms with Crippen molar-refractivity contribution in [3.63, 3.8) is 0 Å². The van der Waals surface area contributed by atoms with Crippen LogP contribution in [0.4, 0.5) is 0 Å². The second kappa shape index (κ2) is 7.21. The lowest BCUT2D eigenvalue weighted by Gasteiger charge is -2.23. The number of hydrogen-bond donors (Lipinski definition) is 1. The number of Topliss-reactive ketones (excluding diaryl/α,β-unsaturated/α-hetero) is 1. The zero-order chi connectivity index (χ0) is 18.0. The van der Waals surface area contributed by atoms with Crippen LogP contribution in [0.15, 0.2) is 24.3 Å². The topological polar surface area (TPSA) is 72.2 Å². The molecule has 132 valence electrons. The minimum atomic E-state index is -0.841. The zero-order valence-corrected chi connectivity index (χ0v) is 14.8. The van der Waals surface area contributed by atoms with Crippen LogP contribution in [0.2, 0.25) is 0 Å². The molecule has 0 spiro atoms. The smallest absolute Gasteiger partial charge is 0.307 e. The number of carbonyl (C=O) groups is 2. The average molecular weight is 340 g/mol. The highest BCUT2D eigenvalue weighted by Gasteiger charge is 2.24. The SMILES string of the molecule is Cc1nn(Cc2ccc(CC(=O)C3CCC3)cc2)c(C)c1CC(=O)O. The highest BCUT2D eigenvalue weighted by molar-refractivity contribution is 5.83. The lowest BCUT2D eigenvalue weighted by molar-refractivity contribution is -0.136. The third kappa shape index (κ3) is 3.98. The Morgan fingerprint density at radius 3 is 2.32 bits per heavy atom. The standard InChI is InChI=1S/C20H24N2O3/c1-13-18(11-20(24)25)14(2)22(21-13)12-16-8-6-15(7-9-16)10-19(23)17-4-3-5-17/h6-9,17H,3-5,10-12H2,1-2H3,(H,24,25). The van der Waals surface area contributed by atoms with Gasteiger partial charge in [0.05, 0.1) is 18.7 Å². The van der Waals surface area contributed by atoms with E-state index in [1.807, 2.05) is 42.8 Å². The van der Waals surface area contributed by atoms with Gasteiger partial charge in [-0.25, -0.2) is 0 Å². The Morgan fingerprint density at radius 2 is 1.76 bits per heavy atom. The Bertz CT molecular complexity index is 786. The third-order valence-corrected chi connectivity index (χ3v) is 5.15. The van der Waals surface area contributed by atoms with Crippen molar-refractivity contribution in [2.45, 2.75) is 52.5 Å². The van der Waals surface area contributed by atoms with Gasteiger partial charge in [-0.1, -0.05) is 30.7 Å². The number of aromatic nitrogens is 2. The molecule has 5 heteroatoms. The minimum absolute atomic E-state index is 0.000116. The van der Waals surface area contributed by atoms with E-state index in [4.69, 9.17) is 5.11 Å². The van der Waals surface area contributed by atoms with Gasteiger partial charge < -0.3 is 5.11 Å². The van der Waals surface area contributed by atoms with Crippen LogP contribution >= 0.6 is 0 Å². The van der Waals surface area contributed by atoms with Crippen LogP contribution in [0.1, 0.15) is 47.3 Å². The van der Waals surface area contributed by atoms with E-state index in [0.717, 1.165) is 40.9 Å². The summed E-state index contributed by atoms with van der Waals surface area (Å²) in [5.74, 6) is -0.205. The molecule has 1 aromatic heterocycles. The lowest BCUT2D eigenvalue weighted by atomic mass is 9.80. The maximum atomic E-state index is 12.1. The molecule has 5 nitrogen and oxygen atoms in total. The molecule has 1 heterocycles. The van der Waals surface area contributed by atoms with Crippen molar-refractivity contribution in [3.8, 4) is 0 Å². The Balaban J connectivity index is 1.67. The average Bonchev–Trinajstić information content (AvgIpc) is 2.74. The fourth-order valence-electron chi connectivity index (χ4n) is 3.31. The Morgan fingerprint density at radius 1 is 1.12 bits per heavy atom. The first-order valence-electron chi connectivity index (χ1n) is 8.79. The number of rotatable bonds is 7. The molecule has 0 radical (unpaired) electrons. The molecule has 0 aliphatic heterocycles. The van der Waals surface area contributed by atoms with Crippen LogP contribution in [0.5, 0.6) is 0 Å². The van der Waals surface area contributed by atoms with Crippen molar-refractivity contribution in [2.75, 3.05) is 0 Å². The van der Waals surface area contributed by atoms with E-state index in [1.54, 1.807) is 0 Å². The van der Waals surface area contributed by atoms with E-state index in [-0.39, 0.29) is 12.3 Å². The van der Waals surface area contributed by atoms with Crippen LogP contribution in [-0.4, -0.2) is 26.6 Å². The van der Waals surface area contributed by atoms with Gasteiger partial charge in [-0.15, -0.1) is 0 Å². The summed E-state index contributed by atoms with van der Waals surface area (Å²) >= 11 is 0. The van der Waals surface area contributed by atoms with Crippen molar-refractivity contribution in [3.05, 3.63) is 52.3 Å². The number of carboxylic acid groups (broad SMARTS) is 1. The third-order valence-electron chi connectivity index (χ3n) is 5.15. The maximum Gasteiger partial charge on any atom is 0.307 e. The molecule has 0 saturated heterocycles.